The molecule has 1 aliphatic carbocycles. The molecule has 4 heteroatoms. The van der Waals surface area contributed by atoms with E-state index in [1.807, 2.05) is 24.3 Å². The second kappa shape index (κ2) is 6.05. The van der Waals surface area contributed by atoms with Crippen molar-refractivity contribution in [3.63, 3.8) is 0 Å². The Morgan fingerprint density at radius 1 is 1.28 bits per heavy atom. The molecule has 0 heterocycles. The van der Waals surface area contributed by atoms with Gasteiger partial charge >= 0.3 is 5.97 Å². The molecular formula is C14H15BrO3. The van der Waals surface area contributed by atoms with Gasteiger partial charge in [0.1, 0.15) is 5.75 Å². The van der Waals surface area contributed by atoms with E-state index in [9.17, 15) is 4.79 Å². The van der Waals surface area contributed by atoms with Crippen LogP contribution < -0.4 is 4.74 Å². The molecule has 18 heavy (non-hydrogen) atoms. The third-order valence-corrected chi connectivity index (χ3v) is 3.55. The second-order valence-electron chi connectivity index (χ2n) is 4.41. The Bertz CT molecular complexity index is 441. The van der Waals surface area contributed by atoms with Crippen molar-refractivity contribution in [1.82, 2.24) is 0 Å². The number of rotatable bonds is 3. The van der Waals surface area contributed by atoms with Crippen LogP contribution in [0.4, 0.5) is 0 Å². The number of allylic oxidation sites excluding steroid dienone is 1. The number of carbonyl (C=O) groups is 1. The maximum absolute atomic E-state index is 10.6. The SMILES string of the molecule is O=C(O)C=C1CCC(Oc2ccc(Br)cc2)CC1. The van der Waals surface area contributed by atoms with Crippen LogP contribution in [0, 0.1) is 0 Å². The summed E-state index contributed by atoms with van der Waals surface area (Å²) < 4.78 is 6.90. The van der Waals surface area contributed by atoms with E-state index in [0.29, 0.717) is 0 Å². The molecule has 0 spiro atoms. The summed E-state index contributed by atoms with van der Waals surface area (Å²) in [6, 6.07) is 7.78. The summed E-state index contributed by atoms with van der Waals surface area (Å²) in [6.45, 7) is 0. The smallest absolute Gasteiger partial charge is 0.328 e. The zero-order chi connectivity index (χ0) is 13.0. The van der Waals surface area contributed by atoms with Crippen molar-refractivity contribution < 1.29 is 14.6 Å². The number of aliphatic carboxylic acids is 1. The summed E-state index contributed by atoms with van der Waals surface area (Å²) in [6.07, 6.45) is 4.92. The van der Waals surface area contributed by atoms with Gasteiger partial charge < -0.3 is 9.84 Å². The molecule has 0 amide bonds. The van der Waals surface area contributed by atoms with E-state index in [0.717, 1.165) is 41.5 Å². The van der Waals surface area contributed by atoms with Crippen molar-refractivity contribution in [2.75, 3.05) is 0 Å². The zero-order valence-electron chi connectivity index (χ0n) is 9.93. The molecule has 0 bridgehead atoms. The largest absolute Gasteiger partial charge is 0.490 e. The number of hydrogen-bond donors (Lipinski definition) is 1. The number of carboxylic acids is 1. The molecule has 1 saturated carbocycles. The highest BCUT2D eigenvalue weighted by atomic mass is 79.9. The quantitative estimate of drug-likeness (QED) is 0.864. The molecule has 1 aliphatic rings. The standard InChI is InChI=1S/C14H15BrO3/c15-11-3-7-13(8-4-11)18-12-5-1-10(2-6-12)9-14(16)17/h3-4,7-9,12H,1-2,5-6H2,(H,16,17). The monoisotopic (exact) mass is 310 g/mol. The van der Waals surface area contributed by atoms with E-state index in [2.05, 4.69) is 15.9 Å². The van der Waals surface area contributed by atoms with Crippen LogP contribution in [0.15, 0.2) is 40.4 Å². The van der Waals surface area contributed by atoms with Gasteiger partial charge in [-0.15, -0.1) is 0 Å². The summed E-state index contributed by atoms with van der Waals surface area (Å²) in [5.41, 5.74) is 1.01. The minimum Gasteiger partial charge on any atom is -0.490 e. The van der Waals surface area contributed by atoms with E-state index < -0.39 is 5.97 Å². The number of ether oxygens (including phenoxy) is 1. The molecule has 1 aromatic carbocycles. The highest BCUT2D eigenvalue weighted by Gasteiger charge is 2.18. The van der Waals surface area contributed by atoms with Gasteiger partial charge in [-0.05, 0) is 49.9 Å². The van der Waals surface area contributed by atoms with Crippen LogP contribution in [0.1, 0.15) is 25.7 Å². The minimum atomic E-state index is -0.850. The lowest BCUT2D eigenvalue weighted by atomic mass is 9.92. The Hall–Kier alpha value is -1.29. The molecule has 96 valence electrons. The second-order valence-corrected chi connectivity index (χ2v) is 5.33. The Labute approximate surface area is 115 Å². The van der Waals surface area contributed by atoms with Crippen LogP contribution in [0.3, 0.4) is 0 Å². The van der Waals surface area contributed by atoms with Gasteiger partial charge in [0.2, 0.25) is 0 Å². The van der Waals surface area contributed by atoms with Gasteiger partial charge in [0.05, 0.1) is 6.10 Å². The van der Waals surface area contributed by atoms with Crippen molar-refractivity contribution in [2.24, 2.45) is 0 Å². The van der Waals surface area contributed by atoms with E-state index >= 15 is 0 Å². The number of halogens is 1. The predicted molar refractivity (Wildman–Crippen MR) is 72.7 cm³/mol. The first-order valence-electron chi connectivity index (χ1n) is 5.98. The molecule has 0 unspecified atom stereocenters. The third kappa shape index (κ3) is 3.88. The van der Waals surface area contributed by atoms with Crippen LogP contribution in [0.25, 0.3) is 0 Å². The fourth-order valence-corrected chi connectivity index (χ4v) is 2.37. The molecule has 1 aromatic rings. The molecule has 0 aromatic heterocycles. The van der Waals surface area contributed by atoms with Gasteiger partial charge in [0.15, 0.2) is 0 Å². The number of carboxylic acid groups (broad SMARTS) is 1. The zero-order valence-corrected chi connectivity index (χ0v) is 11.5. The summed E-state index contributed by atoms with van der Waals surface area (Å²) in [5, 5.41) is 8.68. The molecule has 1 fully saturated rings. The molecule has 1 N–H and O–H groups in total. The normalized spacial score (nSPS) is 19.4. The van der Waals surface area contributed by atoms with Gasteiger partial charge in [-0.25, -0.2) is 4.79 Å². The third-order valence-electron chi connectivity index (χ3n) is 3.02. The highest BCUT2D eigenvalue weighted by Crippen LogP contribution is 2.27. The summed E-state index contributed by atoms with van der Waals surface area (Å²) in [7, 11) is 0. The van der Waals surface area contributed by atoms with E-state index in [4.69, 9.17) is 9.84 Å². The minimum absolute atomic E-state index is 0.192. The van der Waals surface area contributed by atoms with E-state index in [-0.39, 0.29) is 6.10 Å². The lowest BCUT2D eigenvalue weighted by Gasteiger charge is -2.24. The van der Waals surface area contributed by atoms with Crippen molar-refractivity contribution in [1.29, 1.82) is 0 Å². The summed E-state index contributed by atoms with van der Waals surface area (Å²) in [4.78, 5) is 10.6. The molecule has 2 rings (SSSR count). The van der Waals surface area contributed by atoms with Gasteiger partial charge in [0.25, 0.3) is 0 Å². The van der Waals surface area contributed by atoms with Gasteiger partial charge in [-0.3, -0.25) is 0 Å². The average molecular weight is 311 g/mol. The Morgan fingerprint density at radius 2 is 1.89 bits per heavy atom. The fraction of sp³-hybridized carbons (Fsp3) is 0.357. The van der Waals surface area contributed by atoms with Crippen LogP contribution in [-0.2, 0) is 4.79 Å². The fourth-order valence-electron chi connectivity index (χ4n) is 2.10. The summed E-state index contributed by atoms with van der Waals surface area (Å²) in [5.74, 6) is 0.0196. The van der Waals surface area contributed by atoms with Gasteiger partial charge in [-0.1, -0.05) is 21.5 Å². The Kier molecular flexibility index (Phi) is 4.42. The highest BCUT2D eigenvalue weighted by molar-refractivity contribution is 9.10. The van der Waals surface area contributed by atoms with Crippen LogP contribution in [0.5, 0.6) is 5.75 Å². The summed E-state index contributed by atoms with van der Waals surface area (Å²) >= 11 is 3.38. The van der Waals surface area contributed by atoms with Crippen molar-refractivity contribution in [3.8, 4) is 5.75 Å². The number of benzene rings is 1. The first-order valence-corrected chi connectivity index (χ1v) is 6.77. The van der Waals surface area contributed by atoms with E-state index in [1.54, 1.807) is 0 Å². The van der Waals surface area contributed by atoms with Crippen LogP contribution in [0.2, 0.25) is 0 Å². The molecule has 0 saturated heterocycles. The molecule has 3 nitrogen and oxygen atoms in total. The van der Waals surface area contributed by atoms with Crippen molar-refractivity contribution >= 4 is 21.9 Å². The maximum Gasteiger partial charge on any atom is 0.328 e. The van der Waals surface area contributed by atoms with E-state index in [1.165, 1.54) is 6.08 Å². The average Bonchev–Trinajstić information content (AvgIpc) is 2.34. The Balaban J connectivity index is 1.87. The predicted octanol–water partition coefficient (Wildman–Crippen LogP) is 3.78. The first kappa shape index (κ1) is 13.1. The first-order chi connectivity index (χ1) is 8.63. The topological polar surface area (TPSA) is 46.5 Å². The molecule has 0 atom stereocenters. The molecular weight excluding hydrogens is 296 g/mol. The molecule has 0 aliphatic heterocycles. The van der Waals surface area contributed by atoms with Gasteiger partial charge in [0, 0.05) is 10.5 Å². The van der Waals surface area contributed by atoms with Crippen LogP contribution in [-0.4, -0.2) is 17.2 Å². The van der Waals surface area contributed by atoms with Crippen LogP contribution >= 0.6 is 15.9 Å². The van der Waals surface area contributed by atoms with Crippen molar-refractivity contribution in [2.45, 2.75) is 31.8 Å². The maximum atomic E-state index is 10.6. The van der Waals surface area contributed by atoms with Gasteiger partial charge in [-0.2, -0.15) is 0 Å². The lowest BCUT2D eigenvalue weighted by molar-refractivity contribution is -0.131. The number of hydrogen-bond acceptors (Lipinski definition) is 2. The molecule has 0 radical (unpaired) electrons. The Morgan fingerprint density at radius 3 is 2.44 bits per heavy atom. The lowest BCUT2D eigenvalue weighted by Crippen LogP contribution is -2.21. The van der Waals surface area contributed by atoms with Crippen molar-refractivity contribution in [3.05, 3.63) is 40.4 Å².